The van der Waals surface area contributed by atoms with Crippen molar-refractivity contribution in [2.75, 3.05) is 13.2 Å². The molecule has 0 aliphatic heterocycles. The Labute approximate surface area is 251 Å². The number of aryl methyl sites for hydroxylation is 4. The van der Waals surface area contributed by atoms with Gasteiger partial charge in [0.05, 0.1) is 12.5 Å². The van der Waals surface area contributed by atoms with E-state index < -0.39 is 11.9 Å². The summed E-state index contributed by atoms with van der Waals surface area (Å²) in [5, 5.41) is 37.7. The molecule has 0 radical (unpaired) electrons. The predicted octanol–water partition coefficient (Wildman–Crippen LogP) is 7.34. The maximum atomic E-state index is 10.6. The zero-order valence-electron chi connectivity index (χ0n) is 26.5. The zero-order chi connectivity index (χ0) is 32.7. The summed E-state index contributed by atoms with van der Waals surface area (Å²) in [5.41, 5.74) is 4.99. The molecule has 0 aliphatic carbocycles. The summed E-state index contributed by atoms with van der Waals surface area (Å²) in [7, 11) is 0. The van der Waals surface area contributed by atoms with E-state index in [1.165, 1.54) is 12.5 Å². The van der Waals surface area contributed by atoms with Gasteiger partial charge in [0.15, 0.2) is 0 Å². The third kappa shape index (κ3) is 14.6. The van der Waals surface area contributed by atoms with E-state index in [9.17, 15) is 19.8 Å². The quantitative estimate of drug-likeness (QED) is 0.159. The van der Waals surface area contributed by atoms with Crippen LogP contribution in [0.5, 0.6) is 11.5 Å². The molecule has 42 heavy (non-hydrogen) atoms. The van der Waals surface area contributed by atoms with E-state index in [0.717, 1.165) is 33.4 Å². The van der Waals surface area contributed by atoms with Gasteiger partial charge in [-0.25, -0.2) is 0 Å². The standard InChI is InChI=1S/2C14H20O3.C6H10O2/c2*1-9-7-10(5-6-12(15)16)13(17)11(8-9)14(2,3)4;1-3-7-5-6-8-4-2/h2*7-8,17H,5-6H2,1-4H3,(H,15,16);3-4H,1-2,5-6H2. The van der Waals surface area contributed by atoms with E-state index in [0.29, 0.717) is 26.1 Å². The third-order valence-corrected chi connectivity index (χ3v) is 6.05. The second kappa shape index (κ2) is 17.8. The smallest absolute Gasteiger partial charge is 0.303 e. The number of hydrogen-bond donors (Lipinski definition) is 4. The van der Waals surface area contributed by atoms with Gasteiger partial charge in [0.1, 0.15) is 24.7 Å². The number of carboxylic acid groups (broad SMARTS) is 2. The van der Waals surface area contributed by atoms with Crippen molar-refractivity contribution >= 4 is 11.9 Å². The molecule has 0 bridgehead atoms. The van der Waals surface area contributed by atoms with Crippen LogP contribution in [0.2, 0.25) is 0 Å². The molecule has 0 unspecified atom stereocenters. The van der Waals surface area contributed by atoms with E-state index in [1.54, 1.807) is 0 Å². The molecule has 234 valence electrons. The van der Waals surface area contributed by atoms with Gasteiger partial charge in [0.2, 0.25) is 0 Å². The average molecular weight is 587 g/mol. The summed E-state index contributed by atoms with van der Waals surface area (Å²) in [6.45, 7) is 23.9. The van der Waals surface area contributed by atoms with Gasteiger partial charge in [-0.05, 0) is 59.8 Å². The molecular formula is C34H50O8. The Kier molecular flexibility index (Phi) is 16.1. The first-order chi connectivity index (χ1) is 19.3. The van der Waals surface area contributed by atoms with Gasteiger partial charge in [-0.3, -0.25) is 9.59 Å². The Morgan fingerprint density at radius 1 is 0.690 bits per heavy atom. The van der Waals surface area contributed by atoms with Crippen molar-refractivity contribution in [1.29, 1.82) is 0 Å². The first kappa shape index (κ1) is 38.1. The number of aromatic hydroxyl groups is 2. The topological polar surface area (TPSA) is 134 Å². The number of phenols is 2. The lowest BCUT2D eigenvalue weighted by atomic mass is 9.83. The summed E-state index contributed by atoms with van der Waals surface area (Å²) in [4.78, 5) is 21.1. The number of carboxylic acids is 2. The lowest BCUT2D eigenvalue weighted by molar-refractivity contribution is -0.138. The Morgan fingerprint density at radius 3 is 1.24 bits per heavy atom. The molecular weight excluding hydrogens is 536 g/mol. The fraction of sp³-hybridized carbons (Fsp3) is 0.471. The highest BCUT2D eigenvalue weighted by atomic mass is 16.5. The van der Waals surface area contributed by atoms with Gasteiger partial charge in [-0.2, -0.15) is 0 Å². The molecule has 2 rings (SSSR count). The average Bonchev–Trinajstić information content (AvgIpc) is 2.86. The predicted molar refractivity (Wildman–Crippen MR) is 167 cm³/mol. The van der Waals surface area contributed by atoms with Crippen LogP contribution in [-0.4, -0.2) is 45.6 Å². The lowest BCUT2D eigenvalue weighted by Crippen LogP contribution is -2.13. The number of hydrogen-bond acceptors (Lipinski definition) is 6. The second-order valence-corrected chi connectivity index (χ2v) is 12.0. The molecule has 0 saturated heterocycles. The Bertz CT molecular complexity index is 1090. The van der Waals surface area contributed by atoms with Crippen molar-refractivity contribution in [3.8, 4) is 11.5 Å². The summed E-state index contributed by atoms with van der Waals surface area (Å²) in [5.74, 6) is -1.21. The van der Waals surface area contributed by atoms with Crippen molar-refractivity contribution in [1.82, 2.24) is 0 Å². The van der Waals surface area contributed by atoms with Crippen LogP contribution >= 0.6 is 0 Å². The summed E-state index contributed by atoms with van der Waals surface area (Å²) in [6, 6.07) is 7.63. The highest BCUT2D eigenvalue weighted by molar-refractivity contribution is 5.68. The fourth-order valence-corrected chi connectivity index (χ4v) is 3.98. The van der Waals surface area contributed by atoms with E-state index in [1.807, 2.05) is 79.7 Å². The van der Waals surface area contributed by atoms with Gasteiger partial charge in [-0.1, -0.05) is 90.1 Å². The highest BCUT2D eigenvalue weighted by Crippen LogP contribution is 2.36. The van der Waals surface area contributed by atoms with Gasteiger partial charge < -0.3 is 29.9 Å². The van der Waals surface area contributed by atoms with Crippen molar-refractivity contribution < 1.29 is 39.5 Å². The van der Waals surface area contributed by atoms with Crippen molar-refractivity contribution in [2.45, 2.75) is 91.9 Å². The normalized spacial score (nSPS) is 10.8. The van der Waals surface area contributed by atoms with Crippen molar-refractivity contribution in [2.24, 2.45) is 0 Å². The molecule has 8 nitrogen and oxygen atoms in total. The summed E-state index contributed by atoms with van der Waals surface area (Å²) >= 11 is 0. The summed E-state index contributed by atoms with van der Waals surface area (Å²) in [6.07, 6.45) is 3.58. The van der Waals surface area contributed by atoms with Crippen molar-refractivity contribution in [3.63, 3.8) is 0 Å². The van der Waals surface area contributed by atoms with E-state index in [2.05, 4.69) is 13.2 Å². The minimum Gasteiger partial charge on any atom is -0.507 e. The first-order valence-electron chi connectivity index (χ1n) is 13.9. The van der Waals surface area contributed by atoms with E-state index in [-0.39, 0.29) is 35.2 Å². The lowest BCUT2D eigenvalue weighted by Gasteiger charge is -2.22. The molecule has 2 aromatic rings. The van der Waals surface area contributed by atoms with Crippen molar-refractivity contribution in [3.05, 3.63) is 83.3 Å². The number of ether oxygens (including phenoxy) is 2. The van der Waals surface area contributed by atoms with E-state index in [4.69, 9.17) is 19.7 Å². The number of phenolic OH excluding ortho intramolecular Hbond substituents is 2. The van der Waals surface area contributed by atoms with E-state index >= 15 is 0 Å². The van der Waals surface area contributed by atoms with Crippen LogP contribution in [0.25, 0.3) is 0 Å². The molecule has 0 fully saturated rings. The molecule has 0 aromatic heterocycles. The molecule has 0 saturated carbocycles. The summed E-state index contributed by atoms with van der Waals surface area (Å²) < 4.78 is 9.45. The van der Waals surface area contributed by atoms with Crippen LogP contribution in [0.1, 0.15) is 87.8 Å². The number of benzene rings is 2. The molecule has 8 heteroatoms. The zero-order valence-corrected chi connectivity index (χ0v) is 26.5. The minimum absolute atomic E-state index is 0.0423. The number of aliphatic carboxylic acids is 2. The van der Waals surface area contributed by atoms with Gasteiger partial charge in [-0.15, -0.1) is 0 Å². The van der Waals surface area contributed by atoms with Gasteiger partial charge >= 0.3 is 11.9 Å². The fourth-order valence-electron chi connectivity index (χ4n) is 3.98. The molecule has 4 N–H and O–H groups in total. The third-order valence-electron chi connectivity index (χ3n) is 6.05. The second-order valence-electron chi connectivity index (χ2n) is 12.0. The molecule has 0 atom stereocenters. The van der Waals surface area contributed by atoms with Crippen LogP contribution in [-0.2, 0) is 42.7 Å². The largest absolute Gasteiger partial charge is 0.507 e. The Hall–Kier alpha value is -3.94. The van der Waals surface area contributed by atoms with Gasteiger partial charge in [0, 0.05) is 12.8 Å². The Balaban J connectivity index is 0.000000642. The molecule has 0 spiro atoms. The maximum absolute atomic E-state index is 10.6. The maximum Gasteiger partial charge on any atom is 0.303 e. The van der Waals surface area contributed by atoms with Gasteiger partial charge in [0.25, 0.3) is 0 Å². The number of carbonyl (C=O) groups is 2. The number of rotatable bonds is 11. The minimum atomic E-state index is -0.844. The van der Waals surface area contributed by atoms with Crippen LogP contribution in [0.15, 0.2) is 49.9 Å². The highest BCUT2D eigenvalue weighted by Gasteiger charge is 2.22. The molecule has 0 aliphatic rings. The Morgan fingerprint density at radius 2 is 1.00 bits per heavy atom. The monoisotopic (exact) mass is 586 g/mol. The first-order valence-corrected chi connectivity index (χ1v) is 13.9. The van der Waals surface area contributed by atoms with Crippen LogP contribution in [0, 0.1) is 13.8 Å². The molecule has 2 aromatic carbocycles. The van der Waals surface area contributed by atoms with Crippen LogP contribution in [0.4, 0.5) is 0 Å². The van der Waals surface area contributed by atoms with Crippen LogP contribution < -0.4 is 0 Å². The van der Waals surface area contributed by atoms with Crippen LogP contribution in [0.3, 0.4) is 0 Å². The molecule has 0 amide bonds. The SMILES string of the molecule is C=COCCOC=C.Cc1cc(CCC(=O)O)c(O)c(C(C)(C)C)c1.Cc1cc(CCC(=O)O)c(O)c(C(C)(C)C)c1. The molecule has 0 heterocycles.